The van der Waals surface area contributed by atoms with Gasteiger partial charge in [0.05, 0.1) is 18.4 Å². The van der Waals surface area contributed by atoms with E-state index in [2.05, 4.69) is 15.2 Å². The van der Waals surface area contributed by atoms with Crippen LogP contribution in [0.1, 0.15) is 5.69 Å². The van der Waals surface area contributed by atoms with E-state index < -0.39 is 0 Å². The average molecular weight is 255 g/mol. The van der Waals surface area contributed by atoms with Crippen LogP contribution >= 0.6 is 0 Å². The first-order valence-electron chi connectivity index (χ1n) is 5.91. The van der Waals surface area contributed by atoms with Gasteiger partial charge in [-0.25, -0.2) is 5.10 Å². The van der Waals surface area contributed by atoms with E-state index in [4.69, 9.17) is 4.74 Å². The van der Waals surface area contributed by atoms with E-state index in [0.29, 0.717) is 5.56 Å². The predicted molar refractivity (Wildman–Crippen MR) is 73.4 cm³/mol. The van der Waals surface area contributed by atoms with Crippen molar-refractivity contribution in [3.05, 3.63) is 46.5 Å². The van der Waals surface area contributed by atoms with E-state index in [9.17, 15) is 4.79 Å². The van der Waals surface area contributed by atoms with Crippen molar-refractivity contribution in [3.63, 3.8) is 0 Å². The number of hydrogen-bond acceptors (Lipinski definition) is 3. The summed E-state index contributed by atoms with van der Waals surface area (Å²) >= 11 is 0. The summed E-state index contributed by atoms with van der Waals surface area (Å²) in [6, 6.07) is 7.50. The molecule has 3 aromatic rings. The summed E-state index contributed by atoms with van der Waals surface area (Å²) in [5.74, 6) is 0.760. The second-order valence-corrected chi connectivity index (χ2v) is 4.37. The summed E-state index contributed by atoms with van der Waals surface area (Å²) in [7, 11) is 1.62. The van der Waals surface area contributed by atoms with Gasteiger partial charge in [-0.2, -0.15) is 5.10 Å². The molecule has 0 aliphatic carbocycles. The van der Waals surface area contributed by atoms with Crippen LogP contribution in [0.15, 0.2) is 35.3 Å². The molecule has 96 valence electrons. The number of nitrogens with zero attached hydrogens (tertiary/aromatic N) is 1. The second-order valence-electron chi connectivity index (χ2n) is 4.37. The van der Waals surface area contributed by atoms with Crippen LogP contribution in [0.3, 0.4) is 0 Å². The van der Waals surface area contributed by atoms with E-state index >= 15 is 0 Å². The molecule has 0 spiro atoms. The highest BCUT2D eigenvalue weighted by atomic mass is 16.5. The quantitative estimate of drug-likeness (QED) is 0.737. The lowest BCUT2D eigenvalue weighted by molar-refractivity contribution is 0.415. The molecule has 3 rings (SSSR count). The van der Waals surface area contributed by atoms with Gasteiger partial charge in [-0.1, -0.05) is 0 Å². The number of hydrogen-bond donors (Lipinski definition) is 2. The van der Waals surface area contributed by atoms with Gasteiger partial charge in [0.15, 0.2) is 0 Å². The number of benzene rings is 1. The summed E-state index contributed by atoms with van der Waals surface area (Å²) < 4.78 is 5.22. The molecule has 2 heterocycles. The molecule has 0 saturated carbocycles. The van der Waals surface area contributed by atoms with Crippen LogP contribution in [0, 0.1) is 6.92 Å². The predicted octanol–water partition coefficient (Wildman–Crippen LogP) is 2.24. The van der Waals surface area contributed by atoms with Crippen molar-refractivity contribution in [1.29, 1.82) is 0 Å². The molecule has 0 unspecified atom stereocenters. The highest BCUT2D eigenvalue weighted by Crippen LogP contribution is 2.29. The van der Waals surface area contributed by atoms with Gasteiger partial charge in [-0.05, 0) is 31.2 Å². The second kappa shape index (κ2) is 4.28. The molecule has 0 radical (unpaired) electrons. The van der Waals surface area contributed by atoms with Crippen molar-refractivity contribution >= 4 is 10.9 Å². The number of aromatic nitrogens is 3. The molecule has 0 atom stereocenters. The monoisotopic (exact) mass is 255 g/mol. The van der Waals surface area contributed by atoms with E-state index in [1.807, 2.05) is 31.3 Å². The number of methoxy groups -OCH3 is 1. The van der Waals surface area contributed by atoms with Gasteiger partial charge >= 0.3 is 0 Å². The number of fused-ring (bicyclic) bond motifs is 1. The minimum absolute atomic E-state index is 0.200. The van der Waals surface area contributed by atoms with Gasteiger partial charge < -0.3 is 9.72 Å². The normalized spacial score (nSPS) is 10.8. The molecule has 0 fully saturated rings. The Kier molecular flexibility index (Phi) is 2.59. The summed E-state index contributed by atoms with van der Waals surface area (Å²) in [4.78, 5) is 15.1. The minimum Gasteiger partial charge on any atom is -0.497 e. The standard InChI is InChI=1S/C14H13N3O2/c1-8-5-11(14(18)17-16-8)12-7-15-13-4-3-9(19-2)6-10(12)13/h3-7,15H,1-2H3,(H,17,18). The first-order valence-corrected chi connectivity index (χ1v) is 5.91. The molecular weight excluding hydrogens is 242 g/mol. The molecule has 2 N–H and O–H groups in total. The Labute approximate surface area is 109 Å². The Morgan fingerprint density at radius 2 is 2.05 bits per heavy atom. The number of aromatic amines is 2. The van der Waals surface area contributed by atoms with Crippen molar-refractivity contribution in [3.8, 4) is 16.9 Å². The van der Waals surface area contributed by atoms with E-state index in [1.54, 1.807) is 13.2 Å². The van der Waals surface area contributed by atoms with Crippen LogP contribution < -0.4 is 10.3 Å². The summed E-state index contributed by atoms with van der Waals surface area (Å²) in [5, 5.41) is 7.34. The van der Waals surface area contributed by atoms with E-state index in [-0.39, 0.29) is 5.56 Å². The summed E-state index contributed by atoms with van der Waals surface area (Å²) in [6.45, 7) is 1.84. The van der Waals surface area contributed by atoms with Gasteiger partial charge in [0, 0.05) is 22.7 Å². The number of ether oxygens (including phenoxy) is 1. The summed E-state index contributed by atoms with van der Waals surface area (Å²) in [6.07, 6.45) is 1.83. The maximum atomic E-state index is 11.9. The van der Waals surface area contributed by atoms with Crippen LogP contribution in [0.4, 0.5) is 0 Å². The fraction of sp³-hybridized carbons (Fsp3) is 0.143. The van der Waals surface area contributed by atoms with E-state index in [0.717, 1.165) is 27.9 Å². The van der Waals surface area contributed by atoms with Gasteiger partial charge in [0.25, 0.3) is 5.56 Å². The van der Waals surface area contributed by atoms with Gasteiger partial charge in [0.1, 0.15) is 5.75 Å². The molecule has 0 saturated heterocycles. The number of rotatable bonds is 2. The highest BCUT2D eigenvalue weighted by Gasteiger charge is 2.11. The van der Waals surface area contributed by atoms with Crippen LogP contribution in [0.25, 0.3) is 22.0 Å². The molecule has 0 aliphatic heterocycles. The molecule has 2 aromatic heterocycles. The number of H-pyrrole nitrogens is 2. The van der Waals surface area contributed by atoms with Crippen molar-refractivity contribution in [2.24, 2.45) is 0 Å². The zero-order valence-corrected chi connectivity index (χ0v) is 10.7. The molecule has 0 amide bonds. The molecular formula is C14H13N3O2. The third-order valence-corrected chi connectivity index (χ3v) is 3.11. The molecule has 1 aromatic carbocycles. The maximum absolute atomic E-state index is 11.9. The highest BCUT2D eigenvalue weighted by molar-refractivity contribution is 5.96. The Hall–Kier alpha value is -2.56. The first-order chi connectivity index (χ1) is 9.19. The smallest absolute Gasteiger partial charge is 0.272 e. The van der Waals surface area contributed by atoms with Crippen molar-refractivity contribution < 1.29 is 4.74 Å². The fourth-order valence-corrected chi connectivity index (χ4v) is 2.16. The Morgan fingerprint density at radius 1 is 1.21 bits per heavy atom. The average Bonchev–Trinajstić information content (AvgIpc) is 2.84. The van der Waals surface area contributed by atoms with Crippen LogP contribution in [-0.4, -0.2) is 22.3 Å². The Bertz CT molecular complexity index is 802. The molecule has 5 nitrogen and oxygen atoms in total. The van der Waals surface area contributed by atoms with E-state index in [1.165, 1.54) is 0 Å². The maximum Gasteiger partial charge on any atom is 0.272 e. The molecule has 19 heavy (non-hydrogen) atoms. The largest absolute Gasteiger partial charge is 0.497 e. The minimum atomic E-state index is -0.200. The van der Waals surface area contributed by atoms with Crippen molar-refractivity contribution in [2.45, 2.75) is 6.92 Å². The molecule has 0 aliphatic rings. The Morgan fingerprint density at radius 3 is 2.84 bits per heavy atom. The topological polar surface area (TPSA) is 70.8 Å². The SMILES string of the molecule is COc1ccc2[nH]cc(-c3cc(C)n[nH]c3=O)c2c1. The van der Waals surface area contributed by atoms with Crippen molar-refractivity contribution in [2.75, 3.05) is 7.11 Å². The number of nitrogens with one attached hydrogen (secondary N) is 2. The molecule has 0 bridgehead atoms. The number of aryl methyl sites for hydroxylation is 1. The van der Waals surface area contributed by atoms with Crippen LogP contribution in [0.2, 0.25) is 0 Å². The van der Waals surface area contributed by atoms with Crippen LogP contribution in [-0.2, 0) is 0 Å². The third kappa shape index (κ3) is 1.89. The lowest BCUT2D eigenvalue weighted by Crippen LogP contribution is -2.11. The zero-order chi connectivity index (χ0) is 13.4. The van der Waals surface area contributed by atoms with Gasteiger partial charge in [0.2, 0.25) is 0 Å². The van der Waals surface area contributed by atoms with Gasteiger partial charge in [-0.3, -0.25) is 4.79 Å². The molecule has 5 heteroatoms. The third-order valence-electron chi connectivity index (χ3n) is 3.11. The van der Waals surface area contributed by atoms with Crippen LogP contribution in [0.5, 0.6) is 5.75 Å². The van der Waals surface area contributed by atoms with Crippen molar-refractivity contribution in [1.82, 2.24) is 15.2 Å². The lowest BCUT2D eigenvalue weighted by atomic mass is 10.1. The fourth-order valence-electron chi connectivity index (χ4n) is 2.16. The van der Waals surface area contributed by atoms with Gasteiger partial charge in [-0.15, -0.1) is 0 Å². The first kappa shape index (κ1) is 11.5. The Balaban J connectivity index is 2.30. The lowest BCUT2D eigenvalue weighted by Gasteiger charge is -2.02. The zero-order valence-electron chi connectivity index (χ0n) is 10.7. The summed E-state index contributed by atoms with van der Waals surface area (Å²) in [5.41, 5.74) is 2.98.